The van der Waals surface area contributed by atoms with Gasteiger partial charge < -0.3 is 19.5 Å². The van der Waals surface area contributed by atoms with Crippen molar-refractivity contribution in [2.45, 2.75) is 6.42 Å². The number of nitrogens with zero attached hydrogens (tertiary/aromatic N) is 1. The summed E-state index contributed by atoms with van der Waals surface area (Å²) >= 11 is 1.24. The number of anilines is 2. The van der Waals surface area contributed by atoms with Crippen LogP contribution in [0.2, 0.25) is 0 Å². The average molecular weight is 427 g/mol. The minimum atomic E-state index is -0.338. The summed E-state index contributed by atoms with van der Waals surface area (Å²) in [5, 5.41) is 7.65. The lowest BCUT2D eigenvalue weighted by molar-refractivity contribution is -0.115. The molecule has 0 fully saturated rings. The lowest BCUT2D eigenvalue weighted by atomic mass is 10.2. The summed E-state index contributed by atoms with van der Waals surface area (Å²) in [6, 6.07) is 12.0. The molecule has 3 aromatic rings. The number of benzene rings is 2. The first-order valence-electron chi connectivity index (χ1n) is 8.94. The average Bonchev–Trinajstić information content (AvgIpc) is 3.19. The number of hydrogen-bond donors (Lipinski definition) is 2. The number of nitrogens with one attached hydrogen (secondary N) is 2. The Bertz CT molecular complexity index is 1050. The number of ether oxygens (including phenoxy) is 3. The van der Waals surface area contributed by atoms with Crippen LogP contribution in [0.25, 0.3) is 0 Å². The van der Waals surface area contributed by atoms with E-state index in [-0.39, 0.29) is 18.2 Å². The molecule has 8 nitrogen and oxygen atoms in total. The van der Waals surface area contributed by atoms with Crippen LogP contribution in [0.3, 0.4) is 0 Å². The van der Waals surface area contributed by atoms with Crippen LogP contribution in [0.4, 0.5) is 10.8 Å². The van der Waals surface area contributed by atoms with Crippen molar-refractivity contribution in [1.82, 2.24) is 4.98 Å². The Morgan fingerprint density at radius 3 is 2.40 bits per heavy atom. The van der Waals surface area contributed by atoms with Gasteiger partial charge in [0.1, 0.15) is 5.75 Å². The lowest BCUT2D eigenvalue weighted by Crippen LogP contribution is -2.15. The molecule has 0 unspecified atom stereocenters. The maximum absolute atomic E-state index is 12.5. The van der Waals surface area contributed by atoms with Crippen molar-refractivity contribution in [3.63, 3.8) is 0 Å². The van der Waals surface area contributed by atoms with Crippen molar-refractivity contribution in [3.05, 3.63) is 59.1 Å². The zero-order chi connectivity index (χ0) is 21.5. The van der Waals surface area contributed by atoms with E-state index in [1.54, 1.807) is 42.8 Å². The van der Waals surface area contributed by atoms with Crippen LogP contribution in [-0.2, 0) is 11.2 Å². The van der Waals surface area contributed by atoms with Crippen LogP contribution in [0.5, 0.6) is 17.2 Å². The molecule has 1 aromatic heterocycles. The highest BCUT2D eigenvalue weighted by Gasteiger charge is 2.14. The fourth-order valence-corrected chi connectivity index (χ4v) is 3.40. The Hall–Kier alpha value is -3.59. The van der Waals surface area contributed by atoms with E-state index in [1.165, 1.54) is 25.6 Å². The molecule has 1 heterocycles. The predicted molar refractivity (Wildman–Crippen MR) is 115 cm³/mol. The van der Waals surface area contributed by atoms with E-state index in [0.717, 1.165) is 0 Å². The number of aromatic nitrogens is 1. The summed E-state index contributed by atoms with van der Waals surface area (Å²) in [4.78, 5) is 29.1. The van der Waals surface area contributed by atoms with E-state index >= 15 is 0 Å². The van der Waals surface area contributed by atoms with Crippen molar-refractivity contribution in [3.8, 4) is 17.2 Å². The zero-order valence-corrected chi connectivity index (χ0v) is 17.5. The van der Waals surface area contributed by atoms with Gasteiger partial charge in [-0.1, -0.05) is 12.1 Å². The van der Waals surface area contributed by atoms with Gasteiger partial charge in [0.05, 0.1) is 39.1 Å². The summed E-state index contributed by atoms with van der Waals surface area (Å²) in [6.07, 6.45) is 0.0702. The van der Waals surface area contributed by atoms with Crippen molar-refractivity contribution < 1.29 is 23.8 Å². The summed E-state index contributed by atoms with van der Waals surface area (Å²) in [7, 11) is 4.57. The van der Waals surface area contributed by atoms with Gasteiger partial charge in [0.15, 0.2) is 16.6 Å². The second-order valence-corrected chi connectivity index (χ2v) is 6.95. The largest absolute Gasteiger partial charge is 0.495 e. The summed E-state index contributed by atoms with van der Waals surface area (Å²) < 4.78 is 15.6. The van der Waals surface area contributed by atoms with Crippen molar-refractivity contribution in [1.29, 1.82) is 0 Å². The minimum absolute atomic E-state index is 0.0702. The smallest absolute Gasteiger partial charge is 0.257 e. The highest BCUT2D eigenvalue weighted by molar-refractivity contribution is 7.14. The van der Waals surface area contributed by atoms with Crippen molar-refractivity contribution in [2.24, 2.45) is 0 Å². The van der Waals surface area contributed by atoms with Crippen LogP contribution < -0.4 is 24.8 Å². The van der Waals surface area contributed by atoms with Crippen LogP contribution in [-0.4, -0.2) is 38.1 Å². The molecule has 3 rings (SSSR count). The fourth-order valence-electron chi connectivity index (χ4n) is 2.70. The summed E-state index contributed by atoms with van der Waals surface area (Å²) in [5.74, 6) is 0.995. The van der Waals surface area contributed by atoms with E-state index in [1.807, 2.05) is 12.1 Å². The predicted octanol–water partition coefficient (Wildman–Crippen LogP) is 3.60. The molecular formula is C21H21N3O5S. The molecule has 9 heteroatoms. The van der Waals surface area contributed by atoms with Crippen LogP contribution in [0.1, 0.15) is 16.1 Å². The number of methoxy groups -OCH3 is 3. The van der Waals surface area contributed by atoms with Gasteiger partial charge in [0, 0.05) is 10.9 Å². The second-order valence-electron chi connectivity index (χ2n) is 6.09. The van der Waals surface area contributed by atoms with Gasteiger partial charge in [-0.15, -0.1) is 11.3 Å². The van der Waals surface area contributed by atoms with E-state index in [4.69, 9.17) is 14.2 Å². The maximum atomic E-state index is 12.5. The molecule has 2 N–H and O–H groups in total. The second kappa shape index (κ2) is 9.75. The third-order valence-electron chi connectivity index (χ3n) is 4.14. The molecule has 30 heavy (non-hydrogen) atoms. The first kappa shape index (κ1) is 21.1. The molecule has 0 aliphatic carbocycles. The van der Waals surface area contributed by atoms with Crippen molar-refractivity contribution in [2.75, 3.05) is 32.0 Å². The Morgan fingerprint density at radius 1 is 0.933 bits per heavy atom. The lowest BCUT2D eigenvalue weighted by Gasteiger charge is -2.09. The molecule has 0 atom stereocenters. The number of rotatable bonds is 8. The molecule has 0 aliphatic heterocycles. The summed E-state index contributed by atoms with van der Waals surface area (Å²) in [6.45, 7) is 0. The van der Waals surface area contributed by atoms with Crippen molar-refractivity contribution >= 4 is 34.0 Å². The normalized spacial score (nSPS) is 10.2. The number of thiazole rings is 1. The molecule has 0 radical (unpaired) electrons. The molecule has 0 spiro atoms. The molecule has 0 bridgehead atoms. The minimum Gasteiger partial charge on any atom is -0.495 e. The quantitative estimate of drug-likeness (QED) is 0.570. The van der Waals surface area contributed by atoms with Gasteiger partial charge in [0.2, 0.25) is 5.91 Å². The van der Waals surface area contributed by atoms with E-state index < -0.39 is 0 Å². The summed E-state index contributed by atoms with van der Waals surface area (Å²) in [5.41, 5.74) is 1.54. The topological polar surface area (TPSA) is 98.8 Å². The maximum Gasteiger partial charge on any atom is 0.257 e. The highest BCUT2D eigenvalue weighted by atomic mass is 32.1. The third kappa shape index (κ3) is 5.06. The molecule has 2 aromatic carbocycles. The molecule has 0 aliphatic rings. The monoisotopic (exact) mass is 427 g/mol. The van der Waals surface area contributed by atoms with Gasteiger partial charge in [0.25, 0.3) is 5.91 Å². The zero-order valence-electron chi connectivity index (χ0n) is 16.7. The first-order chi connectivity index (χ1) is 14.5. The molecule has 0 saturated heterocycles. The molecule has 0 saturated carbocycles. The number of carbonyl (C=O) groups excluding carboxylic acids is 2. The fraction of sp³-hybridized carbons (Fsp3) is 0.190. The number of carbonyl (C=O) groups is 2. The molecule has 156 valence electrons. The van der Waals surface area contributed by atoms with E-state index in [0.29, 0.717) is 39.3 Å². The van der Waals surface area contributed by atoms with Gasteiger partial charge in [-0.25, -0.2) is 4.98 Å². The molecular weight excluding hydrogens is 406 g/mol. The molecule has 2 amide bonds. The standard InChI is InChI=1S/C21H21N3O5S/c1-27-16-7-5-4-6-15(16)23-19(25)11-14-12-30-21(22-14)24-20(26)13-8-9-17(28-2)18(10-13)29-3/h4-10,12H,11H2,1-3H3,(H,23,25)(H,22,24,26). The Kier molecular flexibility index (Phi) is 6.87. The van der Waals surface area contributed by atoms with E-state index in [9.17, 15) is 9.59 Å². The van der Waals surface area contributed by atoms with E-state index in [2.05, 4.69) is 15.6 Å². The first-order valence-corrected chi connectivity index (χ1v) is 9.82. The van der Waals surface area contributed by atoms with Gasteiger partial charge in [-0.2, -0.15) is 0 Å². The number of para-hydroxylation sites is 2. The van der Waals surface area contributed by atoms with Crippen LogP contribution in [0.15, 0.2) is 47.8 Å². The number of amides is 2. The van der Waals surface area contributed by atoms with Gasteiger partial charge >= 0.3 is 0 Å². The Balaban J connectivity index is 1.62. The van der Waals surface area contributed by atoms with Gasteiger partial charge in [-0.3, -0.25) is 14.9 Å². The Morgan fingerprint density at radius 2 is 1.67 bits per heavy atom. The van der Waals surface area contributed by atoms with Gasteiger partial charge in [-0.05, 0) is 30.3 Å². The van der Waals surface area contributed by atoms with Crippen LogP contribution >= 0.6 is 11.3 Å². The number of hydrogen-bond acceptors (Lipinski definition) is 7. The van der Waals surface area contributed by atoms with Crippen LogP contribution in [0, 0.1) is 0 Å². The third-order valence-corrected chi connectivity index (χ3v) is 4.95. The SMILES string of the molecule is COc1ccccc1NC(=O)Cc1csc(NC(=O)c2ccc(OC)c(OC)c2)n1. The Labute approximate surface area is 177 Å². The highest BCUT2D eigenvalue weighted by Crippen LogP contribution is 2.28.